The number of methoxy groups -OCH3 is 1. The second-order valence-corrected chi connectivity index (χ2v) is 21.6. The Bertz CT molecular complexity index is 3030. The Hall–Kier alpha value is -8.37. The van der Waals surface area contributed by atoms with Gasteiger partial charge >= 0.3 is 74.0 Å². The molecule has 1 unspecified atom stereocenters. The van der Waals surface area contributed by atoms with Crippen LogP contribution < -0.4 is 21.6 Å². The highest BCUT2D eigenvalue weighted by Gasteiger charge is 2.66. The predicted molar refractivity (Wildman–Crippen MR) is 290 cm³/mol. The molecule has 1 spiro atoms. The molecule has 4 aliphatic rings. The lowest BCUT2D eigenvalue weighted by Crippen LogP contribution is -2.73. The first kappa shape index (κ1) is 73.4. The van der Waals surface area contributed by atoms with E-state index in [2.05, 4.69) is 20.9 Å². The van der Waals surface area contributed by atoms with Crippen LogP contribution in [0.2, 0.25) is 0 Å². The van der Waals surface area contributed by atoms with E-state index < -0.39 is 234 Å². The quantitative estimate of drug-likeness (QED) is 0.0410. The van der Waals surface area contributed by atoms with Crippen molar-refractivity contribution in [3.8, 4) is 6.07 Å². The van der Waals surface area contributed by atoms with Gasteiger partial charge in [0.2, 0.25) is 17.7 Å². The first-order valence-corrected chi connectivity index (χ1v) is 28.6. The SMILES string of the molecule is COC(=O)[C@]1(OP(OCCC#N)OC[C@H]2O[C@@H](n3ccc(NC(C)=O)nc3=O)[C@H](OC(C)=O)[C@@H]2OC(C)=O)C[C@H](OC(C)=O)[C@@H](NC(C)=O)[C@H]([C@H](OC(C)=O)[C@H]2COC(=O)[C@]3(C[C@H](OC(C)=O)[C@@H](NC(C)=O)[C@H]([C@H](OC(C)=O)[C@@H](COC(C)=O)OC(C)=O)O3)O2)O1. The number of nitriles is 1. The van der Waals surface area contributed by atoms with Gasteiger partial charge in [-0.15, -0.1) is 0 Å². The fourth-order valence-corrected chi connectivity index (χ4v) is 11.2. The van der Waals surface area contributed by atoms with E-state index in [-0.39, 0.29) is 5.82 Å². The van der Waals surface area contributed by atoms with E-state index in [0.29, 0.717) is 0 Å². The molecule has 5 heterocycles. The molecule has 0 radical (unpaired) electrons. The van der Waals surface area contributed by atoms with Gasteiger partial charge in [-0.05, 0) is 6.07 Å². The van der Waals surface area contributed by atoms with Crippen LogP contribution in [0.25, 0.3) is 0 Å². The van der Waals surface area contributed by atoms with Crippen LogP contribution in [0.5, 0.6) is 0 Å². The Labute approximate surface area is 518 Å². The predicted octanol–water partition coefficient (Wildman–Crippen LogP) is -1.53. The van der Waals surface area contributed by atoms with Gasteiger partial charge in [-0.25, -0.2) is 14.4 Å². The van der Waals surface area contributed by atoms with Crippen LogP contribution in [0, 0.1) is 11.3 Å². The van der Waals surface area contributed by atoms with Crippen molar-refractivity contribution in [3.63, 3.8) is 0 Å². The summed E-state index contributed by atoms with van der Waals surface area (Å²) >= 11 is 0. The molecule has 1 aromatic rings. The van der Waals surface area contributed by atoms with Crippen molar-refractivity contribution in [2.75, 3.05) is 38.9 Å². The third kappa shape index (κ3) is 20.1. The lowest BCUT2D eigenvalue weighted by atomic mass is 9.86. The number of rotatable bonds is 26. The van der Waals surface area contributed by atoms with Crippen molar-refractivity contribution in [1.82, 2.24) is 20.2 Å². The molecule has 4 aliphatic heterocycles. The average Bonchev–Trinajstić information content (AvgIpc) is 1.33. The normalized spacial score (nSPS) is 28.0. The molecular formula is C53H69N6O31P. The zero-order chi connectivity index (χ0) is 67.8. The Balaban J connectivity index is 1.68. The molecule has 4 fully saturated rings. The van der Waals surface area contributed by atoms with E-state index in [0.717, 1.165) is 94.0 Å². The molecule has 0 bridgehead atoms. The lowest BCUT2D eigenvalue weighted by molar-refractivity contribution is -0.358. The number of cyclic esters (lactones) is 1. The molecular weight excluding hydrogens is 1250 g/mol. The third-order valence-corrected chi connectivity index (χ3v) is 14.2. The number of carbonyl (C=O) groups excluding carboxylic acids is 13. The monoisotopic (exact) mass is 1320 g/mol. The van der Waals surface area contributed by atoms with Gasteiger partial charge in [-0.1, -0.05) is 0 Å². The van der Waals surface area contributed by atoms with E-state index in [1.54, 1.807) is 0 Å². The number of amides is 3. The maximum atomic E-state index is 14.6. The summed E-state index contributed by atoms with van der Waals surface area (Å²) in [5.41, 5.74) is -1.06. The van der Waals surface area contributed by atoms with Gasteiger partial charge in [-0.2, -0.15) is 10.2 Å². The highest BCUT2D eigenvalue weighted by molar-refractivity contribution is 7.41. The standard InChI is InChI=1S/C53H69N6O31P/c1-23(60)55-39-14-16-59(51(73)58-39)48-47(85-33(11)70)43(83-31(9)68)37(86-48)22-78-91(77-17-13-15-54)90-53(49(71)74-12)19-35(80-28(6)65)41(57-25(3)62)46(89-53)44(84-32(10)69)38-21-76-50(72)52(87-38)18-34(79-27(5)64)40(56-24(2)61)45(88-52)42(82-30(8)67)36(81-29(7)66)20-75-26(4)63/h14,16,34-38,40-48H,13,17-22H2,1-12H3,(H,56,61)(H,57,62)(H,55,58,60,73)/t34-,35-,36+,37+,38+,40+,41+,42+,43+,44+,45+,46+,47+,48+,52+,53+,91?/m0/s1. The van der Waals surface area contributed by atoms with Crippen LogP contribution >= 0.6 is 8.60 Å². The molecule has 38 heteroatoms. The van der Waals surface area contributed by atoms with Gasteiger partial charge < -0.3 is 91.3 Å². The summed E-state index contributed by atoms with van der Waals surface area (Å²) < 4.78 is 100. The smallest absolute Gasteiger partial charge is 0.367 e. The van der Waals surface area contributed by atoms with E-state index in [1.165, 1.54) is 6.07 Å². The highest BCUT2D eigenvalue weighted by atomic mass is 31.2. The summed E-state index contributed by atoms with van der Waals surface area (Å²) in [5, 5.41) is 16.9. The number of ether oxygens (including phenoxy) is 14. The van der Waals surface area contributed by atoms with Gasteiger partial charge in [0.05, 0.1) is 57.7 Å². The second kappa shape index (κ2) is 32.6. The molecule has 0 saturated carbocycles. The minimum absolute atomic E-state index is 0.175. The number of nitrogens with one attached hydrogen (secondary N) is 3. The molecule has 4 saturated heterocycles. The number of anilines is 1. The number of hydrogen-bond acceptors (Lipinski definition) is 33. The van der Waals surface area contributed by atoms with Crippen molar-refractivity contribution in [1.29, 1.82) is 5.26 Å². The summed E-state index contributed by atoms with van der Waals surface area (Å²) in [6.45, 7) is 7.51. The van der Waals surface area contributed by atoms with Crippen molar-refractivity contribution < 1.29 is 142 Å². The Morgan fingerprint density at radius 1 is 0.703 bits per heavy atom. The van der Waals surface area contributed by atoms with Gasteiger partial charge in [0.1, 0.15) is 55.7 Å². The molecule has 0 aromatic carbocycles. The first-order chi connectivity index (χ1) is 42.7. The van der Waals surface area contributed by atoms with Crippen LogP contribution in [0.3, 0.4) is 0 Å². The van der Waals surface area contributed by atoms with Gasteiger partial charge in [0.25, 0.3) is 11.6 Å². The minimum Gasteiger partial charge on any atom is -0.465 e. The number of carbonyl (C=O) groups is 13. The average molecular weight is 1320 g/mol. The van der Waals surface area contributed by atoms with E-state index in [9.17, 15) is 72.4 Å². The molecule has 3 N–H and O–H groups in total. The molecule has 1 aromatic heterocycles. The van der Waals surface area contributed by atoms with Gasteiger partial charge in [0.15, 0.2) is 36.7 Å². The minimum atomic E-state index is -3.23. The summed E-state index contributed by atoms with van der Waals surface area (Å²) in [7, 11) is -2.38. The molecule has 0 aliphatic carbocycles. The zero-order valence-corrected chi connectivity index (χ0v) is 52.0. The van der Waals surface area contributed by atoms with E-state index >= 15 is 0 Å². The van der Waals surface area contributed by atoms with Crippen molar-refractivity contribution in [2.24, 2.45) is 0 Å². The number of hydrogen-bond donors (Lipinski definition) is 3. The van der Waals surface area contributed by atoms with Crippen LogP contribution in [0.1, 0.15) is 102 Å². The van der Waals surface area contributed by atoms with Crippen molar-refractivity contribution >= 4 is 91.8 Å². The van der Waals surface area contributed by atoms with Crippen molar-refractivity contribution in [2.45, 2.75) is 192 Å². The summed E-state index contributed by atoms with van der Waals surface area (Å²) in [5.74, 6) is -19.7. The Morgan fingerprint density at radius 3 is 1.81 bits per heavy atom. The highest BCUT2D eigenvalue weighted by Crippen LogP contribution is 2.51. The molecule has 91 heavy (non-hydrogen) atoms. The fraction of sp³-hybridized carbons (Fsp3) is 0.660. The Kier molecular flexibility index (Phi) is 26.3. The third-order valence-electron chi connectivity index (χ3n) is 13.0. The maximum Gasteiger partial charge on any atom is 0.367 e. The molecule has 17 atom stereocenters. The summed E-state index contributed by atoms with van der Waals surface area (Å²) in [4.78, 5) is 187. The topological polar surface area (TPSA) is 474 Å². The number of aromatic nitrogens is 2. The summed E-state index contributed by atoms with van der Waals surface area (Å²) in [6, 6.07) is -0.412. The van der Waals surface area contributed by atoms with Crippen LogP contribution in [-0.4, -0.2) is 211 Å². The molecule has 5 rings (SSSR count). The van der Waals surface area contributed by atoms with E-state index in [1.807, 2.05) is 6.07 Å². The van der Waals surface area contributed by atoms with Crippen LogP contribution in [0.4, 0.5) is 5.82 Å². The second-order valence-electron chi connectivity index (χ2n) is 20.4. The van der Waals surface area contributed by atoms with Gasteiger partial charge in [0, 0.05) is 82.4 Å². The zero-order valence-electron chi connectivity index (χ0n) is 51.1. The van der Waals surface area contributed by atoms with Crippen molar-refractivity contribution in [3.05, 3.63) is 22.7 Å². The Morgan fingerprint density at radius 2 is 1.29 bits per heavy atom. The molecule has 3 amide bonds. The van der Waals surface area contributed by atoms with E-state index in [4.69, 9.17) is 79.9 Å². The lowest BCUT2D eigenvalue weighted by Gasteiger charge is -2.52. The van der Waals surface area contributed by atoms with Crippen LogP contribution in [-0.2, 0) is 142 Å². The first-order valence-electron chi connectivity index (χ1n) is 27.5. The fourth-order valence-electron chi connectivity index (χ4n) is 10.0. The van der Waals surface area contributed by atoms with Gasteiger partial charge in [-0.3, -0.25) is 61.8 Å². The molecule has 502 valence electrons. The molecule has 37 nitrogen and oxygen atoms in total. The number of nitrogens with zero attached hydrogens (tertiary/aromatic N) is 3. The largest absolute Gasteiger partial charge is 0.465 e. The summed E-state index contributed by atoms with van der Waals surface area (Å²) in [6.07, 6.45) is -23.5. The van der Waals surface area contributed by atoms with Crippen LogP contribution in [0.15, 0.2) is 17.1 Å². The number of esters is 10. The maximum absolute atomic E-state index is 14.6.